The van der Waals surface area contributed by atoms with Gasteiger partial charge >= 0.3 is 0 Å². The van der Waals surface area contributed by atoms with Crippen molar-refractivity contribution in [1.82, 2.24) is 0 Å². The fourth-order valence-electron chi connectivity index (χ4n) is 4.83. The Hall–Kier alpha value is -3.60. The monoisotopic (exact) mass is 514 g/mol. The third kappa shape index (κ3) is 4.62. The first-order valence-corrected chi connectivity index (χ1v) is 12.5. The van der Waals surface area contributed by atoms with Crippen LogP contribution in [0.4, 0.5) is 11.4 Å². The smallest absolute Gasteiger partial charge is 0.258 e. The van der Waals surface area contributed by atoms with E-state index in [0.717, 1.165) is 16.9 Å². The molecule has 4 aromatic carbocycles. The lowest BCUT2D eigenvalue weighted by molar-refractivity contribution is 0.0965. The molecule has 2 amide bonds. The molecule has 4 nitrogen and oxygen atoms in total. The highest BCUT2D eigenvalue weighted by molar-refractivity contribution is 6.31. The van der Waals surface area contributed by atoms with Crippen molar-refractivity contribution in [3.8, 4) is 0 Å². The lowest BCUT2D eigenvalue weighted by Crippen LogP contribution is -2.47. The number of para-hydroxylation sites is 2. The molecular formula is C30H24Cl2N2O2. The minimum absolute atomic E-state index is 0.0969. The van der Waals surface area contributed by atoms with Crippen LogP contribution in [-0.4, -0.2) is 17.9 Å². The molecule has 0 fully saturated rings. The second-order valence-corrected chi connectivity index (χ2v) is 9.73. The van der Waals surface area contributed by atoms with E-state index in [0.29, 0.717) is 27.6 Å². The van der Waals surface area contributed by atoms with Gasteiger partial charge in [0.2, 0.25) is 0 Å². The van der Waals surface area contributed by atoms with Crippen LogP contribution in [0.1, 0.15) is 45.7 Å². The number of nitrogens with zero attached hydrogens (tertiary/aromatic N) is 2. The molecule has 0 saturated heterocycles. The molecule has 36 heavy (non-hydrogen) atoms. The summed E-state index contributed by atoms with van der Waals surface area (Å²) in [7, 11) is 0. The summed E-state index contributed by atoms with van der Waals surface area (Å²) in [5, 5.41) is 1.16. The van der Waals surface area contributed by atoms with Gasteiger partial charge in [-0.15, -0.1) is 0 Å². The highest BCUT2D eigenvalue weighted by atomic mass is 35.5. The standard InChI is InChI=1S/C30H24Cl2N2O2/c1-20-19-28(34(25-7-3-2-4-8-25)30(36)22-13-17-24(32)18-14-22)26-9-5-6-10-27(26)33(20)29(35)21-11-15-23(31)16-12-21/h2-18,20,28H,19H2,1H3. The summed E-state index contributed by atoms with van der Waals surface area (Å²) in [5.74, 6) is -0.220. The van der Waals surface area contributed by atoms with E-state index in [1.165, 1.54) is 0 Å². The largest absolute Gasteiger partial charge is 0.305 e. The van der Waals surface area contributed by atoms with Gasteiger partial charge in [-0.05, 0) is 85.6 Å². The van der Waals surface area contributed by atoms with E-state index in [9.17, 15) is 9.59 Å². The summed E-state index contributed by atoms with van der Waals surface area (Å²) in [5.41, 5.74) is 3.63. The molecule has 180 valence electrons. The molecule has 0 aromatic heterocycles. The lowest BCUT2D eigenvalue weighted by atomic mass is 9.89. The highest BCUT2D eigenvalue weighted by Crippen LogP contribution is 2.43. The molecule has 2 unspecified atom stereocenters. The third-order valence-electron chi connectivity index (χ3n) is 6.53. The first kappa shape index (κ1) is 24.1. The first-order valence-electron chi connectivity index (χ1n) is 11.8. The van der Waals surface area contributed by atoms with Crippen molar-refractivity contribution in [2.45, 2.75) is 25.4 Å². The van der Waals surface area contributed by atoms with Crippen molar-refractivity contribution in [3.05, 3.63) is 130 Å². The number of fused-ring (bicyclic) bond motifs is 1. The number of hydrogen-bond acceptors (Lipinski definition) is 2. The van der Waals surface area contributed by atoms with Crippen molar-refractivity contribution >= 4 is 46.4 Å². The van der Waals surface area contributed by atoms with Gasteiger partial charge in [-0.25, -0.2) is 0 Å². The molecule has 1 heterocycles. The SMILES string of the molecule is CC1CC(N(C(=O)c2ccc(Cl)cc2)c2ccccc2)c2ccccc2N1C(=O)c1ccc(Cl)cc1. The molecule has 2 atom stereocenters. The maximum absolute atomic E-state index is 13.9. The summed E-state index contributed by atoms with van der Waals surface area (Å²) in [6.45, 7) is 2.02. The zero-order valence-electron chi connectivity index (χ0n) is 19.6. The van der Waals surface area contributed by atoms with Gasteiger partial charge in [0, 0.05) is 38.6 Å². The van der Waals surface area contributed by atoms with E-state index in [1.54, 1.807) is 48.5 Å². The molecular weight excluding hydrogens is 491 g/mol. The highest BCUT2D eigenvalue weighted by Gasteiger charge is 2.39. The molecule has 0 aliphatic carbocycles. The molecule has 6 heteroatoms. The number of carbonyl (C=O) groups is 2. The van der Waals surface area contributed by atoms with Gasteiger partial charge in [-0.3, -0.25) is 9.59 Å². The fourth-order valence-corrected chi connectivity index (χ4v) is 5.08. The third-order valence-corrected chi connectivity index (χ3v) is 7.03. The lowest BCUT2D eigenvalue weighted by Gasteiger charge is -2.43. The second kappa shape index (κ2) is 10.2. The Morgan fingerprint density at radius 2 is 1.31 bits per heavy atom. The fraction of sp³-hybridized carbons (Fsp3) is 0.133. The van der Waals surface area contributed by atoms with Crippen molar-refractivity contribution in [3.63, 3.8) is 0 Å². The molecule has 0 N–H and O–H groups in total. The van der Waals surface area contributed by atoms with Crippen LogP contribution in [-0.2, 0) is 0 Å². The topological polar surface area (TPSA) is 40.6 Å². The average molecular weight is 515 g/mol. The summed E-state index contributed by atoms with van der Waals surface area (Å²) >= 11 is 12.1. The first-order chi connectivity index (χ1) is 17.4. The summed E-state index contributed by atoms with van der Waals surface area (Å²) < 4.78 is 0. The summed E-state index contributed by atoms with van der Waals surface area (Å²) in [6, 6.07) is 30.9. The minimum atomic E-state index is -0.268. The summed E-state index contributed by atoms with van der Waals surface area (Å²) in [6.07, 6.45) is 0.574. The van der Waals surface area contributed by atoms with E-state index in [2.05, 4.69) is 0 Å². The van der Waals surface area contributed by atoms with Gasteiger partial charge in [0.05, 0.1) is 6.04 Å². The molecule has 1 aliphatic rings. The van der Waals surface area contributed by atoms with Crippen LogP contribution < -0.4 is 9.80 Å². The zero-order valence-corrected chi connectivity index (χ0v) is 21.2. The molecule has 5 rings (SSSR count). The van der Waals surface area contributed by atoms with Gasteiger partial charge in [-0.1, -0.05) is 59.6 Å². The second-order valence-electron chi connectivity index (χ2n) is 8.86. The minimum Gasteiger partial charge on any atom is -0.305 e. The Morgan fingerprint density at radius 3 is 1.94 bits per heavy atom. The maximum Gasteiger partial charge on any atom is 0.258 e. The molecule has 0 spiro atoms. The van der Waals surface area contributed by atoms with Gasteiger partial charge in [0.25, 0.3) is 11.8 Å². The van der Waals surface area contributed by atoms with Crippen LogP contribution in [0.25, 0.3) is 0 Å². The number of benzene rings is 4. The summed E-state index contributed by atoms with van der Waals surface area (Å²) in [4.78, 5) is 31.2. The van der Waals surface area contributed by atoms with Crippen molar-refractivity contribution in [2.75, 3.05) is 9.80 Å². The molecule has 1 aliphatic heterocycles. The number of hydrogen-bond donors (Lipinski definition) is 0. The number of carbonyl (C=O) groups excluding carboxylic acids is 2. The van der Waals surface area contributed by atoms with Crippen molar-refractivity contribution in [1.29, 1.82) is 0 Å². The van der Waals surface area contributed by atoms with Crippen LogP contribution in [0.3, 0.4) is 0 Å². The van der Waals surface area contributed by atoms with Crippen molar-refractivity contribution in [2.24, 2.45) is 0 Å². The van der Waals surface area contributed by atoms with Crippen LogP contribution in [0.2, 0.25) is 10.0 Å². The molecule has 0 radical (unpaired) electrons. The van der Waals surface area contributed by atoms with E-state index < -0.39 is 0 Å². The predicted molar refractivity (Wildman–Crippen MR) is 146 cm³/mol. The Morgan fingerprint density at radius 1 is 0.750 bits per heavy atom. The van der Waals surface area contributed by atoms with E-state index in [-0.39, 0.29) is 23.9 Å². The van der Waals surface area contributed by atoms with Crippen LogP contribution in [0, 0.1) is 0 Å². The van der Waals surface area contributed by atoms with Gasteiger partial charge in [0.15, 0.2) is 0 Å². The van der Waals surface area contributed by atoms with Gasteiger partial charge in [0.1, 0.15) is 0 Å². The van der Waals surface area contributed by atoms with E-state index >= 15 is 0 Å². The Bertz CT molecular complexity index is 1390. The quantitative estimate of drug-likeness (QED) is 0.278. The average Bonchev–Trinajstić information content (AvgIpc) is 2.90. The van der Waals surface area contributed by atoms with Crippen molar-refractivity contribution < 1.29 is 9.59 Å². The number of halogens is 2. The Balaban J connectivity index is 1.60. The predicted octanol–water partition coefficient (Wildman–Crippen LogP) is 7.82. The number of amides is 2. The van der Waals surface area contributed by atoms with Crippen LogP contribution >= 0.6 is 23.2 Å². The van der Waals surface area contributed by atoms with Gasteiger partial charge < -0.3 is 9.80 Å². The zero-order chi connectivity index (χ0) is 25.2. The Labute approximate surface area is 220 Å². The van der Waals surface area contributed by atoms with E-state index in [4.69, 9.17) is 23.2 Å². The number of rotatable bonds is 4. The molecule has 4 aromatic rings. The maximum atomic E-state index is 13.9. The number of anilines is 2. The molecule has 0 saturated carbocycles. The van der Waals surface area contributed by atoms with Gasteiger partial charge in [-0.2, -0.15) is 0 Å². The van der Waals surface area contributed by atoms with E-state index in [1.807, 2.05) is 71.3 Å². The normalized spacial score (nSPS) is 16.8. The Kier molecular flexibility index (Phi) is 6.82. The van der Waals surface area contributed by atoms with Crippen LogP contribution in [0.15, 0.2) is 103 Å². The van der Waals surface area contributed by atoms with Crippen LogP contribution in [0.5, 0.6) is 0 Å². The molecule has 0 bridgehead atoms.